The van der Waals surface area contributed by atoms with Crippen LogP contribution in [-0.2, 0) is 17.7 Å². The molecule has 0 fully saturated rings. The molecule has 0 spiro atoms. The Hall–Kier alpha value is -3.39. The van der Waals surface area contributed by atoms with E-state index in [9.17, 15) is 4.79 Å². The van der Waals surface area contributed by atoms with Crippen LogP contribution in [0.3, 0.4) is 0 Å². The number of hydrogen-bond donors (Lipinski definition) is 0. The fourth-order valence-corrected chi connectivity index (χ4v) is 3.59. The summed E-state index contributed by atoms with van der Waals surface area (Å²) in [5.41, 5.74) is 1.73. The Morgan fingerprint density at radius 3 is 2.62 bits per heavy atom. The summed E-state index contributed by atoms with van der Waals surface area (Å²) < 4.78 is 14.8. The van der Waals surface area contributed by atoms with Crippen LogP contribution in [0.1, 0.15) is 42.0 Å². The fourth-order valence-electron chi connectivity index (χ4n) is 3.47. The van der Waals surface area contributed by atoms with Crippen LogP contribution in [0.15, 0.2) is 53.5 Å². The first-order valence-corrected chi connectivity index (χ1v) is 10.9. The Morgan fingerprint density at radius 2 is 1.91 bits per heavy atom. The highest BCUT2D eigenvalue weighted by molar-refractivity contribution is 6.30. The van der Waals surface area contributed by atoms with Crippen molar-refractivity contribution < 1.29 is 13.9 Å². The maximum Gasteiger partial charge on any atom is 0.374 e. The molecule has 0 N–H and O–H groups in total. The number of ether oxygens (including phenoxy) is 1. The molecule has 32 heavy (non-hydrogen) atoms. The number of imidazole rings is 2. The minimum Gasteiger partial charge on any atom is -0.460 e. The molecule has 0 radical (unpaired) electrons. The van der Waals surface area contributed by atoms with Crippen molar-refractivity contribution in [3.63, 3.8) is 0 Å². The topological polar surface area (TPSA) is 88.0 Å². The molecule has 0 saturated heterocycles. The highest BCUT2D eigenvalue weighted by atomic mass is 35.5. The van der Waals surface area contributed by atoms with E-state index in [2.05, 4.69) is 9.97 Å². The second kappa shape index (κ2) is 9.82. The molecule has 9 heteroatoms. The van der Waals surface area contributed by atoms with Crippen molar-refractivity contribution in [3.8, 4) is 17.3 Å². The smallest absolute Gasteiger partial charge is 0.374 e. The summed E-state index contributed by atoms with van der Waals surface area (Å²) in [6.45, 7) is 4.66. The van der Waals surface area contributed by atoms with E-state index in [0.717, 1.165) is 35.7 Å². The maximum absolute atomic E-state index is 12.0. The number of nitrogens with zero attached hydrogens (tertiary/aromatic N) is 5. The van der Waals surface area contributed by atoms with Gasteiger partial charge >= 0.3 is 12.0 Å². The summed E-state index contributed by atoms with van der Waals surface area (Å²) in [4.78, 5) is 25.1. The summed E-state index contributed by atoms with van der Waals surface area (Å²) in [6, 6.07) is 8.04. The zero-order chi connectivity index (χ0) is 22.5. The van der Waals surface area contributed by atoms with Gasteiger partial charge in [-0.05, 0) is 38.8 Å². The van der Waals surface area contributed by atoms with Gasteiger partial charge in [0.25, 0.3) is 0 Å². The first-order valence-electron chi connectivity index (χ1n) is 10.5. The molecule has 8 nitrogen and oxygen atoms in total. The number of oxazole rings is 1. The van der Waals surface area contributed by atoms with E-state index in [-0.39, 0.29) is 0 Å². The monoisotopic (exact) mass is 453 g/mol. The summed E-state index contributed by atoms with van der Waals surface area (Å²) in [5, 5.41) is 0.669. The predicted molar refractivity (Wildman–Crippen MR) is 120 cm³/mol. The fraction of sp³-hybridized carbons (Fsp3) is 0.304. The van der Waals surface area contributed by atoms with Crippen LogP contribution < -0.4 is 0 Å². The first kappa shape index (κ1) is 21.8. The molecule has 3 heterocycles. The number of carbonyl (C=O) groups is 1. The molecule has 0 aliphatic rings. The second-order valence-electron chi connectivity index (χ2n) is 7.24. The van der Waals surface area contributed by atoms with Gasteiger partial charge in [0.2, 0.25) is 5.82 Å². The van der Waals surface area contributed by atoms with Crippen molar-refractivity contribution >= 4 is 17.6 Å². The van der Waals surface area contributed by atoms with Crippen LogP contribution in [0.2, 0.25) is 5.02 Å². The van der Waals surface area contributed by atoms with Crippen molar-refractivity contribution in [2.45, 2.75) is 39.7 Å². The third-order valence-corrected chi connectivity index (χ3v) is 5.31. The molecule has 4 aromatic rings. The average Bonchev–Trinajstić information content (AvgIpc) is 3.51. The van der Waals surface area contributed by atoms with Crippen molar-refractivity contribution in [2.24, 2.45) is 0 Å². The Bertz CT molecular complexity index is 1190. The van der Waals surface area contributed by atoms with Crippen LogP contribution in [0.4, 0.5) is 0 Å². The van der Waals surface area contributed by atoms with Crippen LogP contribution in [0.25, 0.3) is 17.3 Å². The van der Waals surface area contributed by atoms with E-state index in [1.807, 2.05) is 46.5 Å². The van der Waals surface area contributed by atoms with E-state index in [1.165, 1.54) is 0 Å². The minimum absolute atomic E-state index is 0.323. The highest BCUT2D eigenvalue weighted by Gasteiger charge is 2.18. The molecule has 0 aliphatic carbocycles. The highest BCUT2D eigenvalue weighted by Crippen LogP contribution is 2.28. The van der Waals surface area contributed by atoms with Crippen molar-refractivity contribution in [3.05, 3.63) is 71.5 Å². The zero-order valence-corrected chi connectivity index (χ0v) is 18.7. The number of carbonyl (C=O) groups excluding carboxylic acids is 1. The van der Waals surface area contributed by atoms with Crippen LogP contribution in [0.5, 0.6) is 0 Å². The number of aryl methyl sites for hydroxylation is 3. The van der Waals surface area contributed by atoms with Crippen LogP contribution in [-0.4, -0.2) is 36.7 Å². The Balaban J connectivity index is 1.49. The van der Waals surface area contributed by atoms with Crippen molar-refractivity contribution in [2.75, 3.05) is 6.61 Å². The lowest BCUT2D eigenvalue weighted by Crippen LogP contribution is -2.13. The zero-order valence-electron chi connectivity index (χ0n) is 18.0. The molecule has 166 valence electrons. The third kappa shape index (κ3) is 4.75. The van der Waals surface area contributed by atoms with E-state index < -0.39 is 5.97 Å². The maximum atomic E-state index is 12.0. The Labute approximate surface area is 190 Å². The van der Waals surface area contributed by atoms with Gasteiger partial charge in [-0.1, -0.05) is 23.7 Å². The van der Waals surface area contributed by atoms with Gasteiger partial charge < -0.3 is 13.7 Å². The second-order valence-corrected chi connectivity index (χ2v) is 7.68. The predicted octanol–water partition coefficient (Wildman–Crippen LogP) is 4.89. The van der Waals surface area contributed by atoms with E-state index >= 15 is 0 Å². The lowest BCUT2D eigenvalue weighted by atomic mass is 10.1. The number of esters is 1. The molecule has 4 rings (SSSR count). The lowest BCUT2D eigenvalue weighted by molar-refractivity contribution is 0.0506. The van der Waals surface area contributed by atoms with Gasteiger partial charge in [-0.15, -0.1) is 0 Å². The lowest BCUT2D eigenvalue weighted by Gasteiger charge is -2.07. The van der Waals surface area contributed by atoms with Gasteiger partial charge in [-0.2, -0.15) is 4.98 Å². The molecule has 3 aromatic heterocycles. The Kier molecular flexibility index (Phi) is 6.70. The van der Waals surface area contributed by atoms with Crippen LogP contribution >= 0.6 is 11.6 Å². The molecule has 0 bridgehead atoms. The summed E-state index contributed by atoms with van der Waals surface area (Å²) >= 11 is 6.06. The van der Waals surface area contributed by atoms with E-state index in [4.69, 9.17) is 25.7 Å². The number of hydrogen-bond acceptors (Lipinski definition) is 6. The number of benzene rings is 1. The molecule has 0 amide bonds. The molecule has 0 saturated carbocycles. The summed E-state index contributed by atoms with van der Waals surface area (Å²) in [6.07, 6.45) is 9.32. The van der Waals surface area contributed by atoms with Crippen molar-refractivity contribution in [1.29, 1.82) is 0 Å². The normalized spacial score (nSPS) is 11.1. The molecular formula is C23H24ClN5O3. The molecule has 1 aromatic carbocycles. The average molecular weight is 454 g/mol. The van der Waals surface area contributed by atoms with Crippen molar-refractivity contribution in [1.82, 2.24) is 24.1 Å². The minimum atomic E-state index is -0.405. The third-order valence-electron chi connectivity index (χ3n) is 5.06. The first-order chi connectivity index (χ1) is 15.6. The molecule has 0 unspecified atom stereocenters. The molecular weight excluding hydrogens is 430 g/mol. The molecule has 0 aliphatic heterocycles. The van der Waals surface area contributed by atoms with E-state index in [1.54, 1.807) is 25.5 Å². The SMILES string of the molecule is CCOC(=O)c1nccn1CCCCc1oc(-n2ccnc2C)nc1-c1ccc(Cl)cc1. The molecule has 0 atom stereocenters. The summed E-state index contributed by atoms with van der Waals surface area (Å²) in [7, 11) is 0. The van der Waals surface area contributed by atoms with Gasteiger partial charge in [0.1, 0.15) is 17.3 Å². The van der Waals surface area contributed by atoms with Gasteiger partial charge in [-0.3, -0.25) is 4.57 Å². The standard InChI is InChI=1S/C23H24ClN5O3/c1-3-31-22(30)21-26-11-14-28(21)13-5-4-6-19-20(17-7-9-18(24)10-8-17)27-23(32-19)29-15-12-25-16(29)2/h7-12,14-15H,3-6,13H2,1-2H3. The van der Waals surface area contributed by atoms with Gasteiger partial charge in [0.15, 0.2) is 0 Å². The largest absolute Gasteiger partial charge is 0.460 e. The quantitative estimate of drug-likeness (QED) is 0.265. The Morgan fingerprint density at radius 1 is 1.12 bits per heavy atom. The van der Waals surface area contributed by atoms with E-state index in [0.29, 0.717) is 36.4 Å². The number of aromatic nitrogens is 5. The number of rotatable bonds is 9. The van der Waals surface area contributed by atoms with Gasteiger partial charge in [0, 0.05) is 48.3 Å². The van der Waals surface area contributed by atoms with Crippen LogP contribution in [0, 0.1) is 6.92 Å². The summed E-state index contributed by atoms with van der Waals surface area (Å²) in [5.74, 6) is 1.52. The van der Waals surface area contributed by atoms with Gasteiger partial charge in [-0.25, -0.2) is 14.8 Å². The number of halogens is 1. The van der Waals surface area contributed by atoms with Gasteiger partial charge in [0.05, 0.1) is 6.61 Å². The number of unbranched alkanes of at least 4 members (excludes halogenated alkanes) is 1.